The molecule has 17 heavy (non-hydrogen) atoms. The molecule has 0 unspecified atom stereocenters. The van der Waals surface area contributed by atoms with Crippen molar-refractivity contribution in [3.05, 3.63) is 28.5 Å². The summed E-state index contributed by atoms with van der Waals surface area (Å²) in [5.74, 6) is -0.227. The summed E-state index contributed by atoms with van der Waals surface area (Å²) in [6.45, 7) is 1.95. The average Bonchev–Trinajstić information content (AvgIpc) is 2.76. The molecule has 1 rings (SSSR count). The molecule has 0 radical (unpaired) electrons. The fourth-order valence-electron chi connectivity index (χ4n) is 1.24. The van der Waals surface area contributed by atoms with Gasteiger partial charge in [0.1, 0.15) is 5.60 Å². The van der Waals surface area contributed by atoms with E-state index in [2.05, 4.69) is 5.32 Å². The van der Waals surface area contributed by atoms with Crippen LogP contribution in [0.5, 0.6) is 0 Å². The Hall–Kier alpha value is -1.17. The van der Waals surface area contributed by atoms with Crippen molar-refractivity contribution < 1.29 is 14.6 Å². The van der Waals surface area contributed by atoms with Gasteiger partial charge in [-0.05, 0) is 24.4 Å². The van der Waals surface area contributed by atoms with Crippen molar-refractivity contribution in [2.24, 2.45) is 0 Å². The van der Waals surface area contributed by atoms with Crippen molar-refractivity contribution in [1.29, 1.82) is 0 Å². The number of rotatable bonds is 6. The third kappa shape index (κ3) is 5.63. The van der Waals surface area contributed by atoms with E-state index in [1.807, 2.05) is 17.5 Å². The van der Waals surface area contributed by atoms with Crippen LogP contribution in [0.4, 0.5) is 0 Å². The van der Waals surface area contributed by atoms with Crippen LogP contribution in [-0.2, 0) is 9.53 Å². The van der Waals surface area contributed by atoms with Crippen LogP contribution in [-0.4, -0.2) is 36.9 Å². The van der Waals surface area contributed by atoms with Gasteiger partial charge in [0.15, 0.2) is 0 Å². The number of hydrogen-bond donors (Lipinski definition) is 2. The Labute approximate surface area is 105 Å². The van der Waals surface area contributed by atoms with Gasteiger partial charge in [-0.15, -0.1) is 11.3 Å². The normalized spacial score (nSPS) is 14.8. The van der Waals surface area contributed by atoms with E-state index in [0.29, 0.717) is 0 Å². The Morgan fingerprint density at radius 2 is 2.47 bits per heavy atom. The Bertz CT molecular complexity index is 371. The Morgan fingerprint density at radius 1 is 1.71 bits per heavy atom. The summed E-state index contributed by atoms with van der Waals surface area (Å²) in [6, 6.07) is 3.85. The lowest BCUT2D eigenvalue weighted by atomic mass is 10.1. The molecule has 0 fully saturated rings. The van der Waals surface area contributed by atoms with Crippen molar-refractivity contribution in [3.8, 4) is 0 Å². The van der Waals surface area contributed by atoms with Crippen LogP contribution in [0, 0.1) is 0 Å². The van der Waals surface area contributed by atoms with E-state index >= 15 is 0 Å². The smallest absolute Gasteiger partial charge is 0.244 e. The number of nitrogens with one attached hydrogen (secondary N) is 1. The van der Waals surface area contributed by atoms with Crippen LogP contribution in [0.2, 0.25) is 0 Å². The molecular formula is C12H17NO3S. The first kappa shape index (κ1) is 13.9. The van der Waals surface area contributed by atoms with Crippen molar-refractivity contribution in [3.63, 3.8) is 0 Å². The zero-order chi connectivity index (χ0) is 12.7. The van der Waals surface area contributed by atoms with Crippen LogP contribution < -0.4 is 5.32 Å². The maximum absolute atomic E-state index is 11.4. The fraction of sp³-hybridized carbons (Fsp3) is 0.417. The molecule has 0 aliphatic heterocycles. The SMILES string of the molecule is COC[C@@](C)(O)CNC(=O)/C=C/c1cccs1. The van der Waals surface area contributed by atoms with Gasteiger partial charge in [0.25, 0.3) is 0 Å². The van der Waals surface area contributed by atoms with E-state index < -0.39 is 5.60 Å². The molecule has 1 atom stereocenters. The number of ether oxygens (including phenoxy) is 1. The van der Waals surface area contributed by atoms with Crippen LogP contribution in [0.25, 0.3) is 6.08 Å². The zero-order valence-corrected chi connectivity index (χ0v) is 10.8. The van der Waals surface area contributed by atoms with E-state index in [9.17, 15) is 9.90 Å². The number of carbonyl (C=O) groups excluding carboxylic acids is 1. The van der Waals surface area contributed by atoms with Gasteiger partial charge in [0.05, 0.1) is 6.61 Å². The summed E-state index contributed by atoms with van der Waals surface area (Å²) in [5, 5.41) is 14.3. The van der Waals surface area contributed by atoms with Gasteiger partial charge in [-0.3, -0.25) is 4.79 Å². The number of thiophene rings is 1. The van der Waals surface area contributed by atoms with E-state index in [-0.39, 0.29) is 19.1 Å². The minimum absolute atomic E-state index is 0.161. The monoisotopic (exact) mass is 255 g/mol. The van der Waals surface area contributed by atoms with Gasteiger partial charge in [0.2, 0.25) is 5.91 Å². The summed E-state index contributed by atoms with van der Waals surface area (Å²) in [5.41, 5.74) is -1.04. The van der Waals surface area contributed by atoms with E-state index in [1.54, 1.807) is 24.3 Å². The molecule has 0 aliphatic carbocycles. The van der Waals surface area contributed by atoms with E-state index in [1.165, 1.54) is 13.2 Å². The summed E-state index contributed by atoms with van der Waals surface area (Å²) >= 11 is 1.56. The lowest BCUT2D eigenvalue weighted by Crippen LogP contribution is -2.43. The molecule has 0 aliphatic rings. The van der Waals surface area contributed by atoms with Gasteiger partial charge in [-0.1, -0.05) is 6.07 Å². The third-order valence-electron chi connectivity index (χ3n) is 2.04. The highest BCUT2D eigenvalue weighted by Crippen LogP contribution is 2.09. The molecule has 0 saturated heterocycles. The maximum atomic E-state index is 11.4. The summed E-state index contributed by atoms with van der Waals surface area (Å²) < 4.78 is 4.84. The first-order chi connectivity index (χ1) is 8.03. The maximum Gasteiger partial charge on any atom is 0.244 e. The molecule has 1 amide bonds. The summed E-state index contributed by atoms with van der Waals surface area (Å²) in [4.78, 5) is 12.5. The largest absolute Gasteiger partial charge is 0.386 e. The zero-order valence-electron chi connectivity index (χ0n) is 9.97. The van der Waals surface area contributed by atoms with Gasteiger partial charge >= 0.3 is 0 Å². The molecule has 1 aromatic rings. The number of aliphatic hydroxyl groups is 1. The highest BCUT2D eigenvalue weighted by atomic mass is 32.1. The highest BCUT2D eigenvalue weighted by Gasteiger charge is 2.20. The molecule has 4 nitrogen and oxygen atoms in total. The second-order valence-corrected chi connectivity index (χ2v) is 4.98. The molecule has 0 bridgehead atoms. The Kier molecular flexibility index (Phi) is 5.34. The molecule has 0 saturated carbocycles. The van der Waals surface area contributed by atoms with Crippen LogP contribution in [0.3, 0.4) is 0 Å². The van der Waals surface area contributed by atoms with Crippen LogP contribution in [0.1, 0.15) is 11.8 Å². The summed E-state index contributed by atoms with van der Waals surface area (Å²) in [6.07, 6.45) is 3.19. The van der Waals surface area contributed by atoms with Crippen molar-refractivity contribution in [1.82, 2.24) is 5.32 Å². The lowest BCUT2D eigenvalue weighted by molar-refractivity contribution is -0.118. The van der Waals surface area contributed by atoms with Gasteiger partial charge < -0.3 is 15.2 Å². The number of methoxy groups -OCH3 is 1. The highest BCUT2D eigenvalue weighted by molar-refractivity contribution is 7.10. The summed E-state index contributed by atoms with van der Waals surface area (Å²) in [7, 11) is 1.51. The molecule has 0 spiro atoms. The molecule has 5 heteroatoms. The molecule has 94 valence electrons. The van der Waals surface area contributed by atoms with E-state index in [0.717, 1.165) is 4.88 Å². The van der Waals surface area contributed by atoms with Crippen molar-refractivity contribution >= 4 is 23.3 Å². The Balaban J connectivity index is 2.35. The molecule has 0 aromatic carbocycles. The first-order valence-corrected chi connectivity index (χ1v) is 6.12. The standard InChI is InChI=1S/C12H17NO3S/c1-12(15,9-16-2)8-13-11(14)6-5-10-4-3-7-17-10/h3-7,15H,8-9H2,1-2H3,(H,13,14)/b6-5+/t12-/m0/s1. The number of hydrogen-bond acceptors (Lipinski definition) is 4. The lowest BCUT2D eigenvalue weighted by Gasteiger charge is -2.21. The predicted octanol–water partition coefficient (Wildman–Crippen LogP) is 1.27. The van der Waals surface area contributed by atoms with Crippen molar-refractivity contribution in [2.45, 2.75) is 12.5 Å². The second-order valence-electron chi connectivity index (χ2n) is 4.00. The quantitative estimate of drug-likeness (QED) is 0.753. The minimum atomic E-state index is -1.04. The Morgan fingerprint density at radius 3 is 3.06 bits per heavy atom. The molecule has 1 aromatic heterocycles. The number of amides is 1. The average molecular weight is 255 g/mol. The fourth-order valence-corrected chi connectivity index (χ4v) is 1.86. The minimum Gasteiger partial charge on any atom is -0.386 e. The molecule has 2 N–H and O–H groups in total. The number of carbonyl (C=O) groups is 1. The molecular weight excluding hydrogens is 238 g/mol. The van der Waals surface area contributed by atoms with Gasteiger partial charge in [-0.2, -0.15) is 0 Å². The van der Waals surface area contributed by atoms with Crippen LogP contribution >= 0.6 is 11.3 Å². The van der Waals surface area contributed by atoms with Crippen LogP contribution in [0.15, 0.2) is 23.6 Å². The van der Waals surface area contributed by atoms with E-state index in [4.69, 9.17) is 4.74 Å². The van der Waals surface area contributed by atoms with Crippen molar-refractivity contribution in [2.75, 3.05) is 20.3 Å². The molecule has 1 heterocycles. The third-order valence-corrected chi connectivity index (χ3v) is 2.88. The second kappa shape index (κ2) is 6.54. The topological polar surface area (TPSA) is 58.6 Å². The first-order valence-electron chi connectivity index (χ1n) is 5.24. The van der Waals surface area contributed by atoms with Gasteiger partial charge in [0, 0.05) is 24.6 Å². The predicted molar refractivity (Wildman–Crippen MR) is 68.9 cm³/mol. The van der Waals surface area contributed by atoms with Gasteiger partial charge in [-0.25, -0.2) is 0 Å².